The Hall–Kier alpha value is -2.38. The molecule has 0 radical (unpaired) electrons. The summed E-state index contributed by atoms with van der Waals surface area (Å²) in [5.74, 6) is -3.95. The van der Waals surface area contributed by atoms with Gasteiger partial charge >= 0.3 is 12.1 Å². The summed E-state index contributed by atoms with van der Waals surface area (Å²) in [6.07, 6.45) is -0.229. The van der Waals surface area contributed by atoms with Gasteiger partial charge in [0.15, 0.2) is 0 Å². The highest BCUT2D eigenvalue weighted by Crippen LogP contribution is 2.53. The smallest absolute Gasteiger partial charge is 0.408 e. The van der Waals surface area contributed by atoms with Crippen LogP contribution in [0.1, 0.15) is 53.0 Å². The number of carbonyl (C=O) groups is 3. The van der Waals surface area contributed by atoms with Crippen LogP contribution < -0.4 is 5.32 Å². The fourth-order valence-electron chi connectivity index (χ4n) is 4.12. The molecule has 0 aliphatic carbocycles. The van der Waals surface area contributed by atoms with E-state index >= 15 is 0 Å². The van der Waals surface area contributed by atoms with E-state index in [9.17, 15) is 28.9 Å². The lowest BCUT2D eigenvalue weighted by Crippen LogP contribution is -2.53. The molecular weight excluding hydrogens is 459 g/mol. The molecule has 190 valence electrons. The maximum atomic E-state index is 13.4. The van der Waals surface area contributed by atoms with Crippen LogP contribution in [0, 0.1) is 11.8 Å². The SMILES string of the molecule is CC(C)[C@H](NC(=O)OC(C)(C)C)C(=O)N1CCC[C@@H]1P(=O)(O)C[C@@H](Cc1ccccc1)C(=O)O. The zero-order valence-electron chi connectivity index (χ0n) is 20.6. The first-order valence-corrected chi connectivity index (χ1v) is 13.5. The number of ether oxygens (including phenoxy) is 1. The number of aliphatic carboxylic acids is 1. The standard InChI is InChI=1S/C24H37N2O7P/c1-16(2)20(25-23(30)33-24(3,4)5)21(27)26-13-9-12-19(26)34(31,32)15-18(22(28)29)14-17-10-7-6-8-11-17/h6-8,10-11,16,18-20H,9,12-15H2,1-5H3,(H,25,30)(H,28,29)(H,31,32)/t18-,19+,20+/m1/s1. The Bertz CT molecular complexity index is 914. The number of amides is 2. The summed E-state index contributed by atoms with van der Waals surface area (Å²) in [5.41, 5.74) is 0.0201. The molecule has 4 atom stereocenters. The maximum Gasteiger partial charge on any atom is 0.408 e. The van der Waals surface area contributed by atoms with E-state index in [2.05, 4.69) is 5.32 Å². The summed E-state index contributed by atoms with van der Waals surface area (Å²) in [6, 6.07) is 8.00. The minimum Gasteiger partial charge on any atom is -0.481 e. The Labute approximate surface area is 201 Å². The molecule has 0 saturated carbocycles. The number of nitrogens with one attached hydrogen (secondary N) is 1. The molecule has 2 rings (SSSR count). The van der Waals surface area contributed by atoms with Crippen LogP contribution >= 0.6 is 7.37 Å². The maximum absolute atomic E-state index is 13.4. The second-order valence-corrected chi connectivity index (χ2v) is 12.7. The van der Waals surface area contributed by atoms with Crippen molar-refractivity contribution in [3.63, 3.8) is 0 Å². The molecule has 0 aromatic heterocycles. The average Bonchev–Trinajstić information content (AvgIpc) is 3.21. The molecule has 1 fully saturated rings. The number of hydrogen-bond donors (Lipinski definition) is 3. The lowest BCUT2D eigenvalue weighted by atomic mass is 10.0. The number of carboxylic acid groups (broad SMARTS) is 1. The summed E-state index contributed by atoms with van der Waals surface area (Å²) in [5, 5.41) is 12.3. The highest BCUT2D eigenvalue weighted by atomic mass is 31.2. The number of alkyl carbamates (subject to hydrolysis) is 1. The zero-order chi connectivity index (χ0) is 25.7. The van der Waals surface area contributed by atoms with Crippen LogP contribution in [-0.2, 0) is 25.3 Å². The topological polar surface area (TPSA) is 133 Å². The van der Waals surface area contributed by atoms with Gasteiger partial charge in [-0.15, -0.1) is 0 Å². The van der Waals surface area contributed by atoms with Gasteiger partial charge in [0.25, 0.3) is 0 Å². The fourth-order valence-corrected chi connectivity index (χ4v) is 6.53. The molecule has 10 heteroatoms. The molecule has 1 heterocycles. The van der Waals surface area contributed by atoms with Crippen molar-refractivity contribution in [3.05, 3.63) is 35.9 Å². The lowest BCUT2D eigenvalue weighted by molar-refractivity contribution is -0.141. The number of hydrogen-bond acceptors (Lipinski definition) is 5. The number of nitrogens with zero attached hydrogens (tertiary/aromatic N) is 1. The van der Waals surface area contributed by atoms with Crippen LogP contribution in [0.15, 0.2) is 30.3 Å². The van der Waals surface area contributed by atoms with Gasteiger partial charge in [0.2, 0.25) is 13.3 Å². The molecule has 1 aromatic carbocycles. The number of carbonyl (C=O) groups excluding carboxylic acids is 2. The van der Waals surface area contributed by atoms with Crippen LogP contribution in [0.2, 0.25) is 0 Å². The lowest BCUT2D eigenvalue weighted by Gasteiger charge is -2.34. The van der Waals surface area contributed by atoms with E-state index in [1.54, 1.807) is 58.9 Å². The third kappa shape index (κ3) is 7.84. The molecule has 1 aromatic rings. The van der Waals surface area contributed by atoms with Crippen LogP contribution in [0.4, 0.5) is 4.79 Å². The Morgan fingerprint density at radius 3 is 2.35 bits per heavy atom. The minimum absolute atomic E-state index is 0.121. The van der Waals surface area contributed by atoms with Gasteiger partial charge in [0.05, 0.1) is 5.92 Å². The van der Waals surface area contributed by atoms with Crippen molar-refractivity contribution in [2.45, 2.75) is 71.3 Å². The minimum atomic E-state index is -4.05. The van der Waals surface area contributed by atoms with Crippen LogP contribution in [0.3, 0.4) is 0 Å². The molecular formula is C24H37N2O7P. The normalized spacial score (nSPS) is 19.9. The molecule has 1 aliphatic rings. The number of benzene rings is 1. The van der Waals surface area contributed by atoms with E-state index in [0.717, 1.165) is 5.56 Å². The van der Waals surface area contributed by atoms with Gasteiger partial charge in [-0.3, -0.25) is 14.2 Å². The Morgan fingerprint density at radius 2 is 1.82 bits per heavy atom. The highest BCUT2D eigenvalue weighted by molar-refractivity contribution is 7.58. The molecule has 2 amide bonds. The van der Waals surface area contributed by atoms with Crippen molar-refractivity contribution < 1.29 is 33.7 Å². The van der Waals surface area contributed by atoms with Crippen LogP contribution in [0.5, 0.6) is 0 Å². The third-order valence-electron chi connectivity index (χ3n) is 5.73. The van der Waals surface area contributed by atoms with E-state index in [1.165, 1.54) is 4.90 Å². The van der Waals surface area contributed by atoms with Crippen molar-refractivity contribution in [1.29, 1.82) is 0 Å². The largest absolute Gasteiger partial charge is 0.481 e. The van der Waals surface area contributed by atoms with Crippen LogP contribution in [0.25, 0.3) is 0 Å². The summed E-state index contributed by atoms with van der Waals surface area (Å²) in [6.45, 7) is 8.94. The average molecular weight is 497 g/mol. The fraction of sp³-hybridized carbons (Fsp3) is 0.625. The summed E-state index contributed by atoms with van der Waals surface area (Å²) in [7, 11) is -4.05. The van der Waals surface area contributed by atoms with Gasteiger partial charge in [-0.2, -0.15) is 0 Å². The van der Waals surface area contributed by atoms with E-state index in [0.29, 0.717) is 12.8 Å². The van der Waals surface area contributed by atoms with Gasteiger partial charge in [-0.1, -0.05) is 44.2 Å². The van der Waals surface area contributed by atoms with Crippen LogP contribution in [-0.4, -0.2) is 63.0 Å². The molecule has 0 spiro atoms. The number of likely N-dealkylation sites (tertiary alicyclic amines) is 1. The first-order valence-electron chi connectivity index (χ1n) is 11.6. The van der Waals surface area contributed by atoms with E-state index in [-0.39, 0.29) is 18.9 Å². The first kappa shape index (κ1) is 27.9. The highest BCUT2D eigenvalue weighted by Gasteiger charge is 2.45. The summed E-state index contributed by atoms with van der Waals surface area (Å²) in [4.78, 5) is 49.8. The number of carboxylic acids is 1. The van der Waals surface area contributed by atoms with Crippen molar-refractivity contribution in [2.75, 3.05) is 12.7 Å². The molecule has 1 saturated heterocycles. The Balaban J connectivity index is 2.18. The van der Waals surface area contributed by atoms with E-state index in [1.807, 2.05) is 6.07 Å². The molecule has 34 heavy (non-hydrogen) atoms. The Morgan fingerprint density at radius 1 is 1.21 bits per heavy atom. The molecule has 1 aliphatic heterocycles. The monoisotopic (exact) mass is 496 g/mol. The summed E-state index contributed by atoms with van der Waals surface area (Å²) < 4.78 is 18.7. The molecule has 0 bridgehead atoms. The molecule has 3 N–H and O–H groups in total. The van der Waals surface area contributed by atoms with E-state index in [4.69, 9.17) is 4.74 Å². The summed E-state index contributed by atoms with van der Waals surface area (Å²) >= 11 is 0. The molecule has 9 nitrogen and oxygen atoms in total. The predicted octanol–water partition coefficient (Wildman–Crippen LogP) is 3.70. The van der Waals surface area contributed by atoms with E-state index < -0.39 is 54.8 Å². The second-order valence-electron chi connectivity index (χ2n) is 10.2. The van der Waals surface area contributed by atoms with Gasteiger partial charge in [-0.05, 0) is 51.5 Å². The van der Waals surface area contributed by atoms with Gasteiger partial charge in [0.1, 0.15) is 17.4 Å². The number of rotatable bonds is 9. The van der Waals surface area contributed by atoms with Crippen molar-refractivity contribution in [2.24, 2.45) is 11.8 Å². The molecule has 1 unspecified atom stereocenters. The van der Waals surface area contributed by atoms with Crippen molar-refractivity contribution >= 4 is 25.3 Å². The Kier molecular flexibility index (Phi) is 9.31. The second kappa shape index (κ2) is 11.4. The zero-order valence-corrected chi connectivity index (χ0v) is 21.5. The van der Waals surface area contributed by atoms with Crippen molar-refractivity contribution in [3.8, 4) is 0 Å². The predicted molar refractivity (Wildman–Crippen MR) is 129 cm³/mol. The first-order chi connectivity index (χ1) is 15.7. The van der Waals surface area contributed by atoms with Gasteiger partial charge in [0, 0.05) is 12.7 Å². The van der Waals surface area contributed by atoms with Crippen molar-refractivity contribution in [1.82, 2.24) is 10.2 Å². The van der Waals surface area contributed by atoms with Gasteiger partial charge in [-0.25, -0.2) is 4.79 Å². The van der Waals surface area contributed by atoms with Gasteiger partial charge < -0.3 is 25.0 Å². The third-order valence-corrected chi connectivity index (χ3v) is 8.16. The quantitative estimate of drug-likeness (QED) is 0.444.